The highest BCUT2D eigenvalue weighted by atomic mass is 19.1. The van der Waals surface area contributed by atoms with Crippen molar-refractivity contribution in [2.45, 2.75) is 0 Å². The average molecular weight is 242 g/mol. The molecule has 0 saturated heterocycles. The Hall–Kier alpha value is -2.42. The summed E-state index contributed by atoms with van der Waals surface area (Å²) in [6.45, 7) is 0. The van der Waals surface area contributed by atoms with Crippen LogP contribution in [0.15, 0.2) is 54.6 Å². The van der Waals surface area contributed by atoms with Gasteiger partial charge in [0.2, 0.25) is 0 Å². The van der Waals surface area contributed by atoms with Gasteiger partial charge in [-0.05, 0) is 41.0 Å². The second-order valence-electron chi connectivity index (χ2n) is 3.80. The number of rotatable bonds is 3. The summed E-state index contributed by atoms with van der Waals surface area (Å²) in [5.41, 5.74) is 2.60. The molecule has 0 aliphatic carbocycles. The smallest absolute Gasteiger partial charge is 0.328 e. The van der Waals surface area contributed by atoms with Gasteiger partial charge in [0.15, 0.2) is 0 Å². The van der Waals surface area contributed by atoms with Crippen LogP contribution in [0.5, 0.6) is 0 Å². The Bertz CT molecular complexity index is 586. The topological polar surface area (TPSA) is 37.3 Å². The van der Waals surface area contributed by atoms with E-state index in [9.17, 15) is 9.18 Å². The normalized spacial score (nSPS) is 10.7. The SMILES string of the molecule is O=C(O)/C=C/c1cccc(-c2ccc(F)cc2)c1. The van der Waals surface area contributed by atoms with Crippen molar-refractivity contribution in [3.63, 3.8) is 0 Å². The van der Waals surface area contributed by atoms with Gasteiger partial charge in [0.1, 0.15) is 5.82 Å². The summed E-state index contributed by atoms with van der Waals surface area (Å²) in [4.78, 5) is 10.4. The lowest BCUT2D eigenvalue weighted by molar-refractivity contribution is -0.131. The maximum atomic E-state index is 12.8. The van der Waals surface area contributed by atoms with Crippen molar-refractivity contribution in [1.29, 1.82) is 0 Å². The molecule has 90 valence electrons. The number of carboxylic acid groups (broad SMARTS) is 1. The van der Waals surface area contributed by atoms with E-state index in [1.807, 2.05) is 24.3 Å². The van der Waals surface area contributed by atoms with Crippen molar-refractivity contribution in [1.82, 2.24) is 0 Å². The summed E-state index contributed by atoms with van der Waals surface area (Å²) in [5, 5.41) is 8.56. The van der Waals surface area contributed by atoms with Crippen LogP contribution in [0.1, 0.15) is 5.56 Å². The first-order chi connectivity index (χ1) is 8.65. The van der Waals surface area contributed by atoms with Crippen LogP contribution < -0.4 is 0 Å². The highest BCUT2D eigenvalue weighted by molar-refractivity contribution is 5.85. The Morgan fingerprint density at radius 3 is 2.44 bits per heavy atom. The minimum absolute atomic E-state index is 0.277. The molecule has 2 aromatic carbocycles. The van der Waals surface area contributed by atoms with Gasteiger partial charge in [0.25, 0.3) is 0 Å². The molecule has 2 aromatic rings. The van der Waals surface area contributed by atoms with E-state index in [0.717, 1.165) is 22.8 Å². The molecule has 3 heteroatoms. The summed E-state index contributed by atoms with van der Waals surface area (Å²) < 4.78 is 12.8. The number of hydrogen-bond acceptors (Lipinski definition) is 1. The number of aliphatic carboxylic acids is 1. The largest absolute Gasteiger partial charge is 0.478 e. The van der Waals surface area contributed by atoms with Crippen molar-refractivity contribution >= 4 is 12.0 Å². The Kier molecular flexibility index (Phi) is 3.53. The quantitative estimate of drug-likeness (QED) is 0.835. The van der Waals surface area contributed by atoms with E-state index in [0.29, 0.717) is 0 Å². The molecule has 18 heavy (non-hydrogen) atoms. The standard InChI is InChI=1S/C15H11FO2/c16-14-7-5-12(6-8-14)13-3-1-2-11(10-13)4-9-15(17)18/h1-10H,(H,17,18)/b9-4+. The second kappa shape index (κ2) is 5.27. The molecule has 0 amide bonds. The zero-order chi connectivity index (χ0) is 13.0. The van der Waals surface area contributed by atoms with E-state index in [1.54, 1.807) is 12.1 Å². The van der Waals surface area contributed by atoms with Gasteiger partial charge < -0.3 is 5.11 Å². The van der Waals surface area contributed by atoms with Crippen LogP contribution in [-0.4, -0.2) is 11.1 Å². The number of carboxylic acids is 1. The summed E-state index contributed by atoms with van der Waals surface area (Å²) in [5.74, 6) is -1.26. The minimum atomic E-state index is -0.984. The van der Waals surface area contributed by atoms with Crippen molar-refractivity contribution in [3.05, 3.63) is 66.0 Å². The molecule has 0 bridgehead atoms. The predicted molar refractivity (Wildman–Crippen MR) is 68.5 cm³/mol. The lowest BCUT2D eigenvalue weighted by Gasteiger charge is -2.02. The van der Waals surface area contributed by atoms with Crippen LogP contribution in [0.25, 0.3) is 17.2 Å². The first kappa shape index (κ1) is 12.0. The molecule has 0 aliphatic heterocycles. The molecule has 0 radical (unpaired) electrons. The summed E-state index contributed by atoms with van der Waals surface area (Å²) in [6.07, 6.45) is 2.61. The van der Waals surface area contributed by atoms with Gasteiger partial charge in [-0.25, -0.2) is 9.18 Å². The van der Waals surface area contributed by atoms with E-state index in [1.165, 1.54) is 18.2 Å². The molecule has 2 nitrogen and oxygen atoms in total. The molecule has 0 fully saturated rings. The van der Waals surface area contributed by atoms with Crippen LogP contribution in [0.2, 0.25) is 0 Å². The van der Waals surface area contributed by atoms with E-state index < -0.39 is 5.97 Å². The summed E-state index contributed by atoms with van der Waals surface area (Å²) in [7, 11) is 0. The third kappa shape index (κ3) is 3.04. The lowest BCUT2D eigenvalue weighted by atomic mass is 10.0. The van der Waals surface area contributed by atoms with Crippen molar-refractivity contribution in [2.24, 2.45) is 0 Å². The monoisotopic (exact) mass is 242 g/mol. The Morgan fingerprint density at radius 1 is 1.06 bits per heavy atom. The van der Waals surface area contributed by atoms with Crippen LogP contribution in [0, 0.1) is 5.82 Å². The fraction of sp³-hybridized carbons (Fsp3) is 0. The molecular formula is C15H11FO2. The van der Waals surface area contributed by atoms with Gasteiger partial charge >= 0.3 is 5.97 Å². The summed E-state index contributed by atoms with van der Waals surface area (Å²) in [6, 6.07) is 13.6. The van der Waals surface area contributed by atoms with Crippen molar-refractivity contribution in [2.75, 3.05) is 0 Å². The van der Waals surface area contributed by atoms with Crippen LogP contribution >= 0.6 is 0 Å². The lowest BCUT2D eigenvalue weighted by Crippen LogP contribution is -1.86. The molecule has 2 rings (SSSR count). The molecule has 0 unspecified atom stereocenters. The Labute approximate surface area is 104 Å². The molecule has 0 aliphatic rings. The molecule has 0 heterocycles. The zero-order valence-electron chi connectivity index (χ0n) is 9.51. The van der Waals surface area contributed by atoms with E-state index in [2.05, 4.69) is 0 Å². The predicted octanol–water partition coefficient (Wildman–Crippen LogP) is 3.59. The number of benzene rings is 2. The molecule has 0 spiro atoms. The van der Waals surface area contributed by atoms with Gasteiger partial charge in [-0.2, -0.15) is 0 Å². The third-order valence-corrected chi connectivity index (χ3v) is 2.48. The zero-order valence-corrected chi connectivity index (χ0v) is 9.51. The van der Waals surface area contributed by atoms with Crippen LogP contribution in [0.4, 0.5) is 4.39 Å². The van der Waals surface area contributed by atoms with E-state index >= 15 is 0 Å². The average Bonchev–Trinajstić information content (AvgIpc) is 2.37. The third-order valence-electron chi connectivity index (χ3n) is 2.48. The van der Waals surface area contributed by atoms with Gasteiger partial charge in [-0.3, -0.25) is 0 Å². The molecule has 1 N–H and O–H groups in total. The Morgan fingerprint density at radius 2 is 1.78 bits per heavy atom. The number of carbonyl (C=O) groups is 1. The molecule has 0 aromatic heterocycles. The maximum Gasteiger partial charge on any atom is 0.328 e. The number of halogens is 1. The van der Waals surface area contributed by atoms with Crippen molar-refractivity contribution in [3.8, 4) is 11.1 Å². The van der Waals surface area contributed by atoms with Crippen LogP contribution in [-0.2, 0) is 4.79 Å². The number of hydrogen-bond donors (Lipinski definition) is 1. The maximum absolute atomic E-state index is 12.8. The highest BCUT2D eigenvalue weighted by Crippen LogP contribution is 2.21. The van der Waals surface area contributed by atoms with E-state index in [4.69, 9.17) is 5.11 Å². The molecule has 0 atom stereocenters. The first-order valence-corrected chi connectivity index (χ1v) is 5.42. The summed E-state index contributed by atoms with van der Waals surface area (Å²) >= 11 is 0. The van der Waals surface area contributed by atoms with Gasteiger partial charge in [-0.15, -0.1) is 0 Å². The van der Waals surface area contributed by atoms with Gasteiger partial charge in [0, 0.05) is 6.08 Å². The molecular weight excluding hydrogens is 231 g/mol. The fourth-order valence-electron chi connectivity index (χ4n) is 1.63. The molecule has 0 saturated carbocycles. The van der Waals surface area contributed by atoms with Gasteiger partial charge in [0.05, 0.1) is 0 Å². The fourth-order valence-corrected chi connectivity index (χ4v) is 1.63. The minimum Gasteiger partial charge on any atom is -0.478 e. The van der Waals surface area contributed by atoms with Crippen molar-refractivity contribution < 1.29 is 14.3 Å². The Balaban J connectivity index is 2.32. The first-order valence-electron chi connectivity index (χ1n) is 5.42. The highest BCUT2D eigenvalue weighted by Gasteiger charge is 1.98. The van der Waals surface area contributed by atoms with Crippen LogP contribution in [0.3, 0.4) is 0 Å². The second-order valence-corrected chi connectivity index (χ2v) is 3.80. The van der Waals surface area contributed by atoms with Gasteiger partial charge in [-0.1, -0.05) is 30.3 Å². The van der Waals surface area contributed by atoms with E-state index in [-0.39, 0.29) is 5.82 Å².